The Bertz CT molecular complexity index is 893. The van der Waals surface area contributed by atoms with Crippen LogP contribution >= 0.6 is 11.6 Å². The molecule has 3 aromatic heterocycles. The fraction of sp³-hybridized carbons (Fsp3) is 0.474. The topological polar surface area (TPSA) is 65.2 Å². The van der Waals surface area contributed by atoms with Crippen molar-refractivity contribution < 1.29 is 4.74 Å². The minimum Gasteiger partial charge on any atom is -0.481 e. The number of imidazole rings is 1. The third kappa shape index (κ3) is 4.30. The summed E-state index contributed by atoms with van der Waals surface area (Å²) in [6.45, 7) is 4.10. The van der Waals surface area contributed by atoms with E-state index in [1.54, 1.807) is 7.11 Å². The zero-order valence-electron chi connectivity index (χ0n) is 15.5. The number of methoxy groups -OCH3 is 1. The van der Waals surface area contributed by atoms with Gasteiger partial charge < -0.3 is 4.74 Å². The van der Waals surface area contributed by atoms with E-state index < -0.39 is 0 Å². The summed E-state index contributed by atoms with van der Waals surface area (Å²) in [5, 5.41) is 5.23. The third-order valence-electron chi connectivity index (χ3n) is 4.23. The van der Waals surface area contributed by atoms with E-state index in [2.05, 4.69) is 27.0 Å². The Hall–Kier alpha value is -2.21. The number of halogens is 1. The smallest absolute Gasteiger partial charge is 0.216 e. The Kier molecular flexibility index (Phi) is 6.04. The van der Waals surface area contributed by atoms with Gasteiger partial charge in [0.25, 0.3) is 0 Å². The average Bonchev–Trinajstić information content (AvgIpc) is 2.93. The van der Waals surface area contributed by atoms with Crippen molar-refractivity contribution in [3.8, 4) is 5.88 Å². The first-order valence-corrected chi connectivity index (χ1v) is 9.40. The molecule has 0 radical (unpaired) electrons. The highest BCUT2D eigenvalue weighted by Gasteiger charge is 2.12. The van der Waals surface area contributed by atoms with E-state index in [9.17, 15) is 0 Å². The summed E-state index contributed by atoms with van der Waals surface area (Å²) in [4.78, 5) is 13.3. The van der Waals surface area contributed by atoms with Crippen molar-refractivity contribution in [2.75, 3.05) is 7.11 Å². The zero-order valence-corrected chi connectivity index (χ0v) is 16.3. The SMILES string of the molecule is CCCc1ccc2nc(Cl)c(CCCCc3nc(C)cc(OC)n3)n2n1. The minimum atomic E-state index is 0.541. The van der Waals surface area contributed by atoms with Crippen molar-refractivity contribution >= 4 is 17.2 Å². The van der Waals surface area contributed by atoms with Gasteiger partial charge in [0.15, 0.2) is 10.8 Å². The number of hydrogen-bond acceptors (Lipinski definition) is 5. The van der Waals surface area contributed by atoms with Crippen molar-refractivity contribution in [3.63, 3.8) is 0 Å². The molecule has 0 aliphatic heterocycles. The predicted molar refractivity (Wildman–Crippen MR) is 102 cm³/mol. The molecule has 0 unspecified atom stereocenters. The van der Waals surface area contributed by atoms with Crippen LogP contribution in [0.4, 0.5) is 0 Å². The molecule has 0 saturated carbocycles. The molecule has 0 spiro atoms. The summed E-state index contributed by atoms with van der Waals surface area (Å²) in [6.07, 6.45) is 5.58. The molecule has 3 aromatic rings. The highest BCUT2D eigenvalue weighted by Crippen LogP contribution is 2.20. The van der Waals surface area contributed by atoms with Gasteiger partial charge in [-0.3, -0.25) is 0 Å². The van der Waals surface area contributed by atoms with Crippen LogP contribution < -0.4 is 4.74 Å². The molecule has 0 saturated heterocycles. The second kappa shape index (κ2) is 8.45. The lowest BCUT2D eigenvalue weighted by molar-refractivity contribution is 0.393. The predicted octanol–water partition coefficient (Wildman–Crippen LogP) is 4.01. The maximum atomic E-state index is 6.34. The van der Waals surface area contributed by atoms with E-state index in [1.165, 1.54) is 0 Å². The number of hydrogen-bond donors (Lipinski definition) is 0. The lowest BCUT2D eigenvalue weighted by Crippen LogP contribution is -2.03. The normalized spacial score (nSPS) is 11.2. The number of aromatic nitrogens is 5. The molecule has 6 nitrogen and oxygen atoms in total. The fourth-order valence-electron chi connectivity index (χ4n) is 2.98. The molecule has 0 aromatic carbocycles. The van der Waals surface area contributed by atoms with Crippen LogP contribution in [0.25, 0.3) is 5.65 Å². The second-order valence-corrected chi connectivity index (χ2v) is 6.73. The fourth-order valence-corrected chi connectivity index (χ4v) is 3.24. The summed E-state index contributed by atoms with van der Waals surface area (Å²) >= 11 is 6.34. The van der Waals surface area contributed by atoms with Crippen LogP contribution in [0.15, 0.2) is 18.2 Å². The molecule has 0 atom stereocenters. The van der Waals surface area contributed by atoms with Crippen LogP contribution in [0.3, 0.4) is 0 Å². The van der Waals surface area contributed by atoms with Crippen molar-refractivity contribution in [1.29, 1.82) is 0 Å². The maximum absolute atomic E-state index is 6.34. The molecule has 0 amide bonds. The Morgan fingerprint density at radius 3 is 2.65 bits per heavy atom. The van der Waals surface area contributed by atoms with Gasteiger partial charge in [-0.1, -0.05) is 24.9 Å². The van der Waals surface area contributed by atoms with Gasteiger partial charge in [-0.15, -0.1) is 0 Å². The molecule has 0 aliphatic carbocycles. The molecule has 0 bridgehead atoms. The monoisotopic (exact) mass is 373 g/mol. The molecule has 0 aliphatic rings. The van der Waals surface area contributed by atoms with Gasteiger partial charge in [-0.2, -0.15) is 10.1 Å². The van der Waals surface area contributed by atoms with Crippen LogP contribution in [0.5, 0.6) is 5.88 Å². The van der Waals surface area contributed by atoms with Gasteiger partial charge in [0.2, 0.25) is 5.88 Å². The van der Waals surface area contributed by atoms with Crippen molar-refractivity contribution in [2.45, 2.75) is 52.4 Å². The summed E-state index contributed by atoms with van der Waals surface area (Å²) in [5.41, 5.74) is 3.76. The number of nitrogens with zero attached hydrogens (tertiary/aromatic N) is 5. The molecular formula is C19H24ClN5O. The number of ether oxygens (including phenoxy) is 1. The number of aryl methyl sites for hydroxylation is 4. The molecule has 138 valence electrons. The summed E-state index contributed by atoms with van der Waals surface area (Å²) in [6, 6.07) is 5.84. The van der Waals surface area contributed by atoms with Crippen molar-refractivity contribution in [1.82, 2.24) is 24.6 Å². The van der Waals surface area contributed by atoms with Crippen LogP contribution in [-0.2, 0) is 19.3 Å². The molecule has 3 rings (SSSR count). The van der Waals surface area contributed by atoms with E-state index in [-0.39, 0.29) is 0 Å². The Balaban J connectivity index is 1.65. The largest absolute Gasteiger partial charge is 0.481 e. The Morgan fingerprint density at radius 1 is 1.08 bits per heavy atom. The first-order valence-electron chi connectivity index (χ1n) is 9.02. The second-order valence-electron chi connectivity index (χ2n) is 6.37. The molecule has 0 N–H and O–H groups in total. The van der Waals surface area contributed by atoms with E-state index in [0.717, 1.165) is 67.1 Å². The standard InChI is InChI=1S/C19H24ClN5O/c1-4-7-14-10-11-17-23-19(20)15(25(17)24-14)8-5-6-9-16-21-13(2)12-18(22-16)26-3/h10-12H,4-9H2,1-3H3. The van der Waals surface area contributed by atoms with Crippen LogP contribution in [-0.4, -0.2) is 31.7 Å². The summed E-state index contributed by atoms with van der Waals surface area (Å²) in [5.74, 6) is 1.43. The summed E-state index contributed by atoms with van der Waals surface area (Å²) in [7, 11) is 1.62. The van der Waals surface area contributed by atoms with Crippen LogP contribution in [0.1, 0.15) is 49.1 Å². The average molecular weight is 374 g/mol. The molecule has 3 heterocycles. The first kappa shape index (κ1) is 18.6. The molecule has 0 fully saturated rings. The quantitative estimate of drug-likeness (QED) is 0.558. The lowest BCUT2D eigenvalue weighted by atomic mass is 10.1. The number of fused-ring (bicyclic) bond motifs is 1. The zero-order chi connectivity index (χ0) is 18.5. The Labute approximate surface area is 158 Å². The molecule has 7 heteroatoms. The Morgan fingerprint density at radius 2 is 1.88 bits per heavy atom. The third-order valence-corrected chi connectivity index (χ3v) is 4.54. The van der Waals surface area contributed by atoms with Gasteiger partial charge in [-0.25, -0.2) is 14.5 Å². The van der Waals surface area contributed by atoms with Gasteiger partial charge in [0.05, 0.1) is 18.5 Å². The summed E-state index contributed by atoms with van der Waals surface area (Å²) < 4.78 is 7.10. The molecular weight excluding hydrogens is 350 g/mol. The van der Waals surface area contributed by atoms with E-state index in [0.29, 0.717) is 11.0 Å². The van der Waals surface area contributed by atoms with Gasteiger partial charge in [0, 0.05) is 18.2 Å². The van der Waals surface area contributed by atoms with Gasteiger partial charge in [-0.05, 0) is 44.7 Å². The maximum Gasteiger partial charge on any atom is 0.216 e. The number of unbranched alkanes of at least 4 members (excludes halogenated alkanes) is 1. The van der Waals surface area contributed by atoms with Crippen molar-refractivity contribution in [3.05, 3.63) is 46.3 Å². The van der Waals surface area contributed by atoms with Crippen LogP contribution in [0.2, 0.25) is 5.15 Å². The first-order chi connectivity index (χ1) is 12.6. The highest BCUT2D eigenvalue weighted by molar-refractivity contribution is 6.30. The number of rotatable bonds is 8. The van der Waals surface area contributed by atoms with Crippen molar-refractivity contribution in [2.24, 2.45) is 0 Å². The highest BCUT2D eigenvalue weighted by atomic mass is 35.5. The lowest BCUT2D eigenvalue weighted by Gasteiger charge is -2.06. The van der Waals surface area contributed by atoms with E-state index in [1.807, 2.05) is 29.6 Å². The van der Waals surface area contributed by atoms with Gasteiger partial charge in [0.1, 0.15) is 5.82 Å². The van der Waals surface area contributed by atoms with Gasteiger partial charge >= 0.3 is 0 Å². The van der Waals surface area contributed by atoms with E-state index >= 15 is 0 Å². The minimum absolute atomic E-state index is 0.541. The molecule has 26 heavy (non-hydrogen) atoms. The van der Waals surface area contributed by atoms with Crippen LogP contribution in [0, 0.1) is 6.92 Å². The van der Waals surface area contributed by atoms with E-state index in [4.69, 9.17) is 16.3 Å².